The number of aromatic amines is 1. The Morgan fingerprint density at radius 3 is 2.80 bits per heavy atom. The maximum absolute atomic E-state index is 12.2. The van der Waals surface area contributed by atoms with Crippen molar-refractivity contribution in [2.24, 2.45) is 5.10 Å². The Bertz CT molecular complexity index is 921. The van der Waals surface area contributed by atoms with E-state index in [2.05, 4.69) is 20.7 Å². The molecule has 0 radical (unpaired) electrons. The van der Waals surface area contributed by atoms with E-state index < -0.39 is 5.91 Å². The van der Waals surface area contributed by atoms with Crippen molar-refractivity contribution in [3.8, 4) is 17.0 Å². The lowest BCUT2D eigenvalue weighted by molar-refractivity contribution is 0.0950. The lowest BCUT2D eigenvalue weighted by Crippen LogP contribution is -2.18. The van der Waals surface area contributed by atoms with Gasteiger partial charge in [0.2, 0.25) is 0 Å². The van der Waals surface area contributed by atoms with Crippen molar-refractivity contribution in [3.05, 3.63) is 70.9 Å². The first-order valence-electron chi connectivity index (χ1n) is 7.46. The Labute approximate surface area is 149 Å². The van der Waals surface area contributed by atoms with Gasteiger partial charge < -0.3 is 4.74 Å². The lowest BCUT2D eigenvalue weighted by atomic mass is 10.1. The molecule has 1 aromatic heterocycles. The topological polar surface area (TPSA) is 79.4 Å². The van der Waals surface area contributed by atoms with Gasteiger partial charge in [-0.05, 0) is 24.3 Å². The third kappa shape index (κ3) is 3.87. The molecule has 0 aliphatic heterocycles. The number of carbonyl (C=O) groups excluding carboxylic acids is 1. The quantitative estimate of drug-likeness (QED) is 0.543. The molecule has 25 heavy (non-hydrogen) atoms. The number of nitrogens with one attached hydrogen (secondary N) is 2. The highest BCUT2D eigenvalue weighted by molar-refractivity contribution is 6.33. The number of halogens is 1. The number of H-pyrrole nitrogens is 1. The zero-order valence-corrected chi connectivity index (χ0v) is 14.1. The Hall–Kier alpha value is -3.12. The van der Waals surface area contributed by atoms with E-state index >= 15 is 0 Å². The van der Waals surface area contributed by atoms with Crippen LogP contribution in [0.3, 0.4) is 0 Å². The maximum atomic E-state index is 12.2. The normalized spacial score (nSPS) is 10.8. The number of amides is 1. The van der Waals surface area contributed by atoms with Crippen LogP contribution in [0.2, 0.25) is 5.02 Å². The molecule has 0 fully saturated rings. The average Bonchev–Trinajstić information content (AvgIpc) is 3.12. The molecule has 126 valence electrons. The number of nitrogens with zero attached hydrogens (tertiary/aromatic N) is 2. The van der Waals surface area contributed by atoms with Gasteiger partial charge in [0.15, 0.2) is 0 Å². The summed E-state index contributed by atoms with van der Waals surface area (Å²) in [4.78, 5) is 12.2. The molecule has 2 N–H and O–H groups in total. The minimum absolute atomic E-state index is 0.284. The van der Waals surface area contributed by atoms with Crippen molar-refractivity contribution in [1.29, 1.82) is 0 Å². The number of hydrogen-bond acceptors (Lipinski definition) is 4. The van der Waals surface area contributed by atoms with Crippen LogP contribution in [0.15, 0.2) is 59.7 Å². The Morgan fingerprint density at radius 2 is 2.00 bits per heavy atom. The van der Waals surface area contributed by atoms with Crippen molar-refractivity contribution in [1.82, 2.24) is 15.6 Å². The molecule has 0 unspecified atom stereocenters. The van der Waals surface area contributed by atoms with Gasteiger partial charge in [-0.1, -0.05) is 41.9 Å². The first kappa shape index (κ1) is 16.7. The molecule has 2 aromatic carbocycles. The van der Waals surface area contributed by atoms with E-state index in [9.17, 15) is 4.79 Å². The van der Waals surface area contributed by atoms with E-state index in [0.717, 1.165) is 11.1 Å². The molecule has 0 aliphatic carbocycles. The first-order valence-corrected chi connectivity index (χ1v) is 7.83. The highest BCUT2D eigenvalue weighted by atomic mass is 35.5. The lowest BCUT2D eigenvalue weighted by Gasteiger charge is -2.02. The van der Waals surface area contributed by atoms with Crippen LogP contribution in [-0.2, 0) is 0 Å². The number of carbonyl (C=O) groups is 1. The summed E-state index contributed by atoms with van der Waals surface area (Å²) in [6.07, 6.45) is 1.52. The summed E-state index contributed by atoms with van der Waals surface area (Å²) in [5, 5.41) is 11.3. The van der Waals surface area contributed by atoms with Crippen molar-refractivity contribution in [3.63, 3.8) is 0 Å². The van der Waals surface area contributed by atoms with E-state index in [4.69, 9.17) is 16.3 Å². The fourth-order valence-electron chi connectivity index (χ4n) is 2.24. The molecule has 0 bridgehead atoms. The number of hydrazone groups is 1. The number of rotatable bonds is 5. The van der Waals surface area contributed by atoms with Crippen molar-refractivity contribution >= 4 is 23.7 Å². The van der Waals surface area contributed by atoms with Gasteiger partial charge in [-0.15, -0.1) is 0 Å². The fraction of sp³-hybridized carbons (Fsp3) is 0.0556. The van der Waals surface area contributed by atoms with Gasteiger partial charge in [0, 0.05) is 11.1 Å². The molecule has 3 rings (SSSR count). The Morgan fingerprint density at radius 1 is 1.24 bits per heavy atom. The third-order valence-electron chi connectivity index (χ3n) is 3.48. The summed E-state index contributed by atoms with van der Waals surface area (Å²) < 4.78 is 5.22. The molecule has 6 nitrogen and oxygen atoms in total. The van der Waals surface area contributed by atoms with Crippen LogP contribution in [0, 0.1) is 0 Å². The van der Waals surface area contributed by atoms with E-state index in [1.54, 1.807) is 19.2 Å². The molecule has 1 heterocycles. The van der Waals surface area contributed by atoms with Crippen LogP contribution in [0.4, 0.5) is 0 Å². The summed E-state index contributed by atoms with van der Waals surface area (Å²) in [6.45, 7) is 0. The minimum atomic E-state index is -0.406. The third-order valence-corrected chi connectivity index (χ3v) is 3.81. The predicted molar refractivity (Wildman–Crippen MR) is 97.1 cm³/mol. The standard InChI is InChI=1S/C18H15ClN4O2/c1-25-17-9-5-2-6-12(17)11-20-23-18(24)16-10-15(21-22-16)13-7-3-4-8-14(13)19/h2-11H,1H3,(H,21,22)(H,23,24)/b20-11-. The number of methoxy groups -OCH3 is 1. The SMILES string of the molecule is COc1ccccc1/C=N\NC(=O)c1cc(-c2ccccc2Cl)n[nH]1. The highest BCUT2D eigenvalue weighted by Gasteiger charge is 2.12. The van der Waals surface area contributed by atoms with Crippen molar-refractivity contribution < 1.29 is 9.53 Å². The second-order valence-electron chi connectivity index (χ2n) is 5.09. The highest BCUT2D eigenvalue weighted by Crippen LogP contribution is 2.26. The molecule has 0 aliphatic rings. The number of ether oxygens (including phenoxy) is 1. The van der Waals surface area contributed by atoms with Gasteiger partial charge in [-0.25, -0.2) is 5.43 Å². The van der Waals surface area contributed by atoms with Crippen LogP contribution in [0.25, 0.3) is 11.3 Å². The largest absolute Gasteiger partial charge is 0.496 e. The smallest absolute Gasteiger partial charge is 0.289 e. The van der Waals surface area contributed by atoms with Crippen LogP contribution in [0.1, 0.15) is 16.1 Å². The zero-order chi connectivity index (χ0) is 17.6. The first-order chi connectivity index (χ1) is 12.2. The van der Waals surface area contributed by atoms with Gasteiger partial charge in [0.25, 0.3) is 5.91 Å². The predicted octanol–water partition coefficient (Wildman–Crippen LogP) is 3.50. The van der Waals surface area contributed by atoms with Crippen molar-refractivity contribution in [2.75, 3.05) is 7.11 Å². The van der Waals surface area contributed by atoms with E-state index in [1.165, 1.54) is 6.21 Å². The van der Waals surface area contributed by atoms with E-state index in [-0.39, 0.29) is 5.69 Å². The van der Waals surface area contributed by atoms with Gasteiger partial charge in [-0.2, -0.15) is 10.2 Å². The summed E-state index contributed by atoms with van der Waals surface area (Å²) in [6, 6.07) is 16.3. The maximum Gasteiger partial charge on any atom is 0.289 e. The summed E-state index contributed by atoms with van der Waals surface area (Å²) in [5.41, 5.74) is 4.82. The molecular formula is C18H15ClN4O2. The molecule has 7 heteroatoms. The minimum Gasteiger partial charge on any atom is -0.496 e. The molecule has 1 amide bonds. The summed E-state index contributed by atoms with van der Waals surface area (Å²) in [5.74, 6) is 0.264. The van der Waals surface area contributed by atoms with Gasteiger partial charge in [0.1, 0.15) is 11.4 Å². The average molecular weight is 355 g/mol. The van der Waals surface area contributed by atoms with Crippen LogP contribution >= 0.6 is 11.6 Å². The fourth-order valence-corrected chi connectivity index (χ4v) is 2.47. The van der Waals surface area contributed by atoms with Gasteiger partial charge in [0.05, 0.1) is 24.0 Å². The van der Waals surface area contributed by atoms with Crippen LogP contribution < -0.4 is 10.2 Å². The Balaban J connectivity index is 1.70. The second kappa shape index (κ2) is 7.63. The van der Waals surface area contributed by atoms with Gasteiger partial charge in [-0.3, -0.25) is 9.89 Å². The number of para-hydroxylation sites is 1. The molecular weight excluding hydrogens is 340 g/mol. The molecule has 3 aromatic rings. The number of hydrogen-bond donors (Lipinski definition) is 2. The number of benzene rings is 2. The monoisotopic (exact) mass is 354 g/mol. The van der Waals surface area contributed by atoms with Crippen molar-refractivity contribution in [2.45, 2.75) is 0 Å². The summed E-state index contributed by atoms with van der Waals surface area (Å²) >= 11 is 6.14. The second-order valence-corrected chi connectivity index (χ2v) is 5.49. The molecule has 0 saturated carbocycles. The van der Waals surface area contributed by atoms with Crippen LogP contribution in [0.5, 0.6) is 5.75 Å². The van der Waals surface area contributed by atoms with E-state index in [0.29, 0.717) is 16.5 Å². The zero-order valence-electron chi connectivity index (χ0n) is 13.4. The molecule has 0 spiro atoms. The van der Waals surface area contributed by atoms with Crippen LogP contribution in [-0.4, -0.2) is 29.4 Å². The Kier molecular flexibility index (Phi) is 5.11. The molecule has 0 atom stereocenters. The molecule has 0 saturated heterocycles. The number of aromatic nitrogens is 2. The summed E-state index contributed by atoms with van der Waals surface area (Å²) in [7, 11) is 1.58. The van der Waals surface area contributed by atoms with E-state index in [1.807, 2.05) is 42.5 Å². The van der Waals surface area contributed by atoms with Gasteiger partial charge >= 0.3 is 0 Å².